The number of rotatable bonds is 7. The van der Waals surface area contributed by atoms with Crippen LogP contribution in [0.3, 0.4) is 0 Å². The average molecular weight is 272 g/mol. The van der Waals surface area contributed by atoms with Crippen LogP contribution in [0.2, 0.25) is 0 Å². The summed E-state index contributed by atoms with van der Waals surface area (Å²) in [5.74, 6) is 1.59. The number of para-hydroxylation sites is 1. The molecule has 2 aromatic carbocycles. The van der Waals surface area contributed by atoms with Gasteiger partial charge in [-0.1, -0.05) is 18.2 Å². The zero-order chi connectivity index (χ0) is 14.2. The molecule has 2 aromatic rings. The molecule has 0 atom stereocenters. The second-order valence-electron chi connectivity index (χ2n) is 4.27. The van der Waals surface area contributed by atoms with Crippen molar-refractivity contribution in [2.45, 2.75) is 6.92 Å². The van der Waals surface area contributed by atoms with Crippen LogP contribution in [-0.2, 0) is 0 Å². The highest BCUT2D eigenvalue weighted by atomic mass is 16.5. The SMILES string of the molecule is CCOc1cc(NCCOc2ccccc2)ccc1N. The first kappa shape index (κ1) is 14.1. The van der Waals surface area contributed by atoms with Crippen molar-refractivity contribution >= 4 is 11.4 Å². The molecule has 0 aliphatic rings. The number of benzene rings is 2. The Balaban J connectivity index is 1.80. The number of nitrogens with two attached hydrogens (primary N) is 1. The van der Waals surface area contributed by atoms with Crippen molar-refractivity contribution in [2.75, 3.05) is 30.8 Å². The summed E-state index contributed by atoms with van der Waals surface area (Å²) in [5, 5.41) is 3.28. The molecule has 0 aliphatic heterocycles. The Hall–Kier alpha value is -2.36. The van der Waals surface area contributed by atoms with Gasteiger partial charge in [0.1, 0.15) is 18.1 Å². The van der Waals surface area contributed by atoms with Crippen molar-refractivity contribution in [3.05, 3.63) is 48.5 Å². The van der Waals surface area contributed by atoms with Gasteiger partial charge in [-0.05, 0) is 31.2 Å². The van der Waals surface area contributed by atoms with Crippen molar-refractivity contribution in [1.29, 1.82) is 0 Å². The molecule has 3 N–H and O–H groups in total. The van der Waals surface area contributed by atoms with E-state index in [4.69, 9.17) is 15.2 Å². The monoisotopic (exact) mass is 272 g/mol. The van der Waals surface area contributed by atoms with Gasteiger partial charge in [0, 0.05) is 18.3 Å². The van der Waals surface area contributed by atoms with Crippen LogP contribution in [0.1, 0.15) is 6.92 Å². The molecule has 0 saturated heterocycles. The van der Waals surface area contributed by atoms with Gasteiger partial charge in [0.05, 0.1) is 12.3 Å². The first-order chi connectivity index (χ1) is 9.79. The number of nitrogen functional groups attached to an aromatic ring is 1. The summed E-state index contributed by atoms with van der Waals surface area (Å²) in [6.45, 7) is 3.85. The van der Waals surface area contributed by atoms with Gasteiger partial charge in [-0.15, -0.1) is 0 Å². The van der Waals surface area contributed by atoms with Gasteiger partial charge in [-0.2, -0.15) is 0 Å². The van der Waals surface area contributed by atoms with E-state index in [1.54, 1.807) is 0 Å². The van der Waals surface area contributed by atoms with Gasteiger partial charge < -0.3 is 20.5 Å². The molecule has 4 nitrogen and oxygen atoms in total. The normalized spacial score (nSPS) is 10.1. The summed E-state index contributed by atoms with van der Waals surface area (Å²) in [6.07, 6.45) is 0. The first-order valence-corrected chi connectivity index (χ1v) is 6.73. The lowest BCUT2D eigenvalue weighted by atomic mass is 10.2. The van der Waals surface area contributed by atoms with Crippen molar-refractivity contribution in [3.63, 3.8) is 0 Å². The molecule has 0 aliphatic carbocycles. The minimum absolute atomic E-state index is 0.596. The minimum atomic E-state index is 0.596. The van der Waals surface area contributed by atoms with Gasteiger partial charge in [0.2, 0.25) is 0 Å². The summed E-state index contributed by atoms with van der Waals surface area (Å²) < 4.78 is 11.1. The lowest BCUT2D eigenvalue weighted by Gasteiger charge is -2.11. The van der Waals surface area contributed by atoms with Crippen molar-refractivity contribution in [1.82, 2.24) is 0 Å². The standard InChI is InChI=1S/C16H20N2O2/c1-2-19-16-12-13(8-9-15(16)17)18-10-11-20-14-6-4-3-5-7-14/h3-9,12,18H,2,10-11,17H2,1H3. The van der Waals surface area contributed by atoms with Crippen molar-refractivity contribution in [3.8, 4) is 11.5 Å². The van der Waals surface area contributed by atoms with Gasteiger partial charge in [-0.3, -0.25) is 0 Å². The molecule has 20 heavy (non-hydrogen) atoms. The maximum Gasteiger partial charge on any atom is 0.144 e. The average Bonchev–Trinajstić information content (AvgIpc) is 2.48. The summed E-state index contributed by atoms with van der Waals surface area (Å²) in [7, 11) is 0. The molecule has 4 heteroatoms. The molecule has 0 saturated carbocycles. The fraction of sp³-hybridized carbons (Fsp3) is 0.250. The summed E-state index contributed by atoms with van der Waals surface area (Å²) >= 11 is 0. The third kappa shape index (κ3) is 4.09. The first-order valence-electron chi connectivity index (χ1n) is 6.73. The van der Waals surface area contributed by atoms with E-state index < -0.39 is 0 Å². The fourth-order valence-corrected chi connectivity index (χ4v) is 1.81. The fourth-order valence-electron chi connectivity index (χ4n) is 1.81. The Morgan fingerprint density at radius 1 is 1.05 bits per heavy atom. The van der Waals surface area contributed by atoms with E-state index in [1.165, 1.54) is 0 Å². The van der Waals surface area contributed by atoms with Crippen molar-refractivity contribution < 1.29 is 9.47 Å². The molecular weight excluding hydrogens is 252 g/mol. The van der Waals surface area contributed by atoms with E-state index >= 15 is 0 Å². The molecule has 0 unspecified atom stereocenters. The van der Waals surface area contributed by atoms with E-state index in [2.05, 4.69) is 5.32 Å². The van der Waals surface area contributed by atoms with Gasteiger partial charge in [0.15, 0.2) is 0 Å². The molecule has 0 heterocycles. The summed E-state index contributed by atoms with van der Waals surface area (Å²) in [4.78, 5) is 0. The molecule has 0 spiro atoms. The Labute approximate surface area is 119 Å². The van der Waals surface area contributed by atoms with Crippen LogP contribution in [0.5, 0.6) is 11.5 Å². The molecule has 0 radical (unpaired) electrons. The number of hydrogen-bond donors (Lipinski definition) is 2. The molecule has 0 aromatic heterocycles. The lowest BCUT2D eigenvalue weighted by Crippen LogP contribution is -2.11. The Bertz CT molecular complexity index is 529. The van der Waals surface area contributed by atoms with E-state index in [1.807, 2.05) is 55.5 Å². The second kappa shape index (κ2) is 7.28. The topological polar surface area (TPSA) is 56.5 Å². The zero-order valence-corrected chi connectivity index (χ0v) is 11.6. The predicted molar refractivity (Wildman–Crippen MR) is 82.5 cm³/mol. The second-order valence-corrected chi connectivity index (χ2v) is 4.27. The van der Waals surface area contributed by atoms with Crippen LogP contribution in [0, 0.1) is 0 Å². The maximum absolute atomic E-state index is 5.83. The quantitative estimate of drug-likeness (QED) is 0.600. The molecule has 0 bridgehead atoms. The van der Waals surface area contributed by atoms with Gasteiger partial charge in [-0.25, -0.2) is 0 Å². The minimum Gasteiger partial charge on any atom is -0.492 e. The van der Waals surface area contributed by atoms with E-state index in [-0.39, 0.29) is 0 Å². The Morgan fingerprint density at radius 2 is 1.85 bits per heavy atom. The largest absolute Gasteiger partial charge is 0.492 e. The number of nitrogens with one attached hydrogen (secondary N) is 1. The van der Waals surface area contributed by atoms with Gasteiger partial charge >= 0.3 is 0 Å². The number of ether oxygens (including phenoxy) is 2. The number of hydrogen-bond acceptors (Lipinski definition) is 4. The van der Waals surface area contributed by atoms with Crippen LogP contribution >= 0.6 is 0 Å². The van der Waals surface area contributed by atoms with Crippen molar-refractivity contribution in [2.24, 2.45) is 0 Å². The highest BCUT2D eigenvalue weighted by Gasteiger charge is 2.01. The highest BCUT2D eigenvalue weighted by molar-refractivity contribution is 5.61. The molecule has 2 rings (SSSR count). The van der Waals surface area contributed by atoms with Gasteiger partial charge in [0.25, 0.3) is 0 Å². The van der Waals surface area contributed by atoms with Crippen LogP contribution < -0.4 is 20.5 Å². The smallest absolute Gasteiger partial charge is 0.144 e. The van der Waals surface area contributed by atoms with E-state index in [9.17, 15) is 0 Å². The number of anilines is 2. The predicted octanol–water partition coefficient (Wildman–Crippen LogP) is 3.16. The maximum atomic E-state index is 5.83. The summed E-state index contributed by atoms with van der Waals surface area (Å²) in [5.41, 5.74) is 7.45. The van der Waals surface area contributed by atoms with Crippen LogP contribution in [0.4, 0.5) is 11.4 Å². The van der Waals surface area contributed by atoms with Crippen LogP contribution in [0.25, 0.3) is 0 Å². The summed E-state index contributed by atoms with van der Waals surface area (Å²) in [6, 6.07) is 15.4. The van der Waals surface area contributed by atoms with Crippen LogP contribution in [-0.4, -0.2) is 19.8 Å². The third-order valence-electron chi connectivity index (χ3n) is 2.76. The third-order valence-corrected chi connectivity index (χ3v) is 2.76. The molecule has 0 amide bonds. The lowest BCUT2D eigenvalue weighted by molar-refractivity contribution is 0.332. The highest BCUT2D eigenvalue weighted by Crippen LogP contribution is 2.25. The van der Waals surface area contributed by atoms with Crippen LogP contribution in [0.15, 0.2) is 48.5 Å². The zero-order valence-electron chi connectivity index (χ0n) is 11.6. The Kier molecular flexibility index (Phi) is 5.12. The van der Waals surface area contributed by atoms with E-state index in [0.29, 0.717) is 31.2 Å². The Morgan fingerprint density at radius 3 is 2.60 bits per heavy atom. The molecule has 0 fully saturated rings. The molecule has 106 valence electrons. The van der Waals surface area contributed by atoms with E-state index in [0.717, 1.165) is 11.4 Å². The molecular formula is C16H20N2O2.